The predicted molar refractivity (Wildman–Crippen MR) is 106 cm³/mol. The molecule has 0 spiro atoms. The summed E-state index contributed by atoms with van der Waals surface area (Å²) in [6.45, 7) is 3.30. The minimum Gasteiger partial charge on any atom is -0.497 e. The molecule has 0 unspecified atom stereocenters. The lowest BCUT2D eigenvalue weighted by Gasteiger charge is -2.14. The second-order valence-corrected chi connectivity index (χ2v) is 5.01. The van der Waals surface area contributed by atoms with Crippen LogP contribution in [0.15, 0.2) is 23.2 Å². The maximum atomic E-state index is 11.6. The first-order chi connectivity index (χ1) is 11.0. The van der Waals surface area contributed by atoms with Crippen LogP contribution in [0.2, 0.25) is 0 Å². The molecule has 136 valence electrons. The molecule has 1 amide bonds. The molecule has 0 saturated carbocycles. The molecule has 2 N–H and O–H groups in total. The average Bonchev–Trinajstić information content (AvgIpc) is 2.56. The molecule has 0 aliphatic heterocycles. The largest absolute Gasteiger partial charge is 0.497 e. The van der Waals surface area contributed by atoms with Crippen molar-refractivity contribution >= 4 is 35.8 Å². The number of hydrogen-bond acceptors (Lipinski definition) is 4. The van der Waals surface area contributed by atoms with E-state index in [0.29, 0.717) is 24.8 Å². The first-order valence-electron chi connectivity index (χ1n) is 7.45. The van der Waals surface area contributed by atoms with Gasteiger partial charge in [0.15, 0.2) is 5.96 Å². The standard InChI is InChI=1S/C16H26N4O3.HI/c1-6-17-16(19-11-15(21)20(2)3)18-10-12-7-8-13(22-4)9-14(12)23-5;/h7-9H,6,10-11H2,1-5H3,(H2,17,18,19);1H. The number of hydrogen-bond donors (Lipinski definition) is 2. The minimum absolute atomic E-state index is 0. The number of benzene rings is 1. The molecule has 0 radical (unpaired) electrons. The monoisotopic (exact) mass is 450 g/mol. The Kier molecular flexibility index (Phi) is 10.9. The smallest absolute Gasteiger partial charge is 0.241 e. The van der Waals surface area contributed by atoms with Crippen molar-refractivity contribution in [1.29, 1.82) is 0 Å². The van der Waals surface area contributed by atoms with Gasteiger partial charge in [0.1, 0.15) is 11.5 Å². The van der Waals surface area contributed by atoms with Crippen LogP contribution in [0.4, 0.5) is 0 Å². The van der Waals surface area contributed by atoms with Crippen LogP contribution in [0, 0.1) is 0 Å². The van der Waals surface area contributed by atoms with Crippen molar-refractivity contribution in [2.75, 3.05) is 41.4 Å². The average molecular weight is 450 g/mol. The number of amides is 1. The highest BCUT2D eigenvalue weighted by molar-refractivity contribution is 14.0. The first-order valence-corrected chi connectivity index (χ1v) is 7.45. The van der Waals surface area contributed by atoms with Crippen LogP contribution in [0.25, 0.3) is 0 Å². The van der Waals surface area contributed by atoms with Crippen molar-refractivity contribution in [3.63, 3.8) is 0 Å². The summed E-state index contributed by atoms with van der Waals surface area (Å²) in [5, 5.41) is 6.12. The van der Waals surface area contributed by atoms with Crippen LogP contribution in [0.5, 0.6) is 11.5 Å². The topological polar surface area (TPSA) is 75.2 Å². The summed E-state index contributed by atoms with van der Waals surface area (Å²) < 4.78 is 10.5. The lowest BCUT2D eigenvalue weighted by Crippen LogP contribution is -2.42. The molecule has 8 heteroatoms. The first kappa shape index (κ1) is 22.3. The summed E-state index contributed by atoms with van der Waals surface area (Å²) in [7, 11) is 6.66. The number of carbonyl (C=O) groups excluding carboxylic acids is 1. The van der Waals surface area contributed by atoms with E-state index < -0.39 is 0 Å². The second kappa shape index (κ2) is 11.8. The predicted octanol–water partition coefficient (Wildman–Crippen LogP) is 1.47. The van der Waals surface area contributed by atoms with Gasteiger partial charge < -0.3 is 25.0 Å². The fraction of sp³-hybridized carbons (Fsp3) is 0.500. The summed E-state index contributed by atoms with van der Waals surface area (Å²) in [5.74, 6) is 2.02. The molecule has 0 aromatic heterocycles. The third-order valence-corrected chi connectivity index (χ3v) is 3.15. The van der Waals surface area contributed by atoms with Gasteiger partial charge in [-0.05, 0) is 19.1 Å². The van der Waals surface area contributed by atoms with Crippen LogP contribution in [0.3, 0.4) is 0 Å². The van der Waals surface area contributed by atoms with Gasteiger partial charge in [-0.15, -0.1) is 24.0 Å². The summed E-state index contributed by atoms with van der Waals surface area (Å²) >= 11 is 0. The summed E-state index contributed by atoms with van der Waals surface area (Å²) in [4.78, 5) is 17.7. The van der Waals surface area contributed by atoms with Gasteiger partial charge in [-0.1, -0.05) is 0 Å². The number of carbonyl (C=O) groups is 1. The van der Waals surface area contributed by atoms with Crippen LogP contribution < -0.4 is 20.1 Å². The Morgan fingerprint density at radius 3 is 2.46 bits per heavy atom. The van der Waals surface area contributed by atoms with E-state index in [1.54, 1.807) is 28.3 Å². The molecule has 0 fully saturated rings. The molecule has 1 aromatic carbocycles. The number of methoxy groups -OCH3 is 2. The van der Waals surface area contributed by atoms with E-state index in [-0.39, 0.29) is 36.4 Å². The molecule has 1 rings (SSSR count). The van der Waals surface area contributed by atoms with Crippen molar-refractivity contribution < 1.29 is 14.3 Å². The second-order valence-electron chi connectivity index (χ2n) is 5.01. The van der Waals surface area contributed by atoms with Crippen molar-refractivity contribution in [1.82, 2.24) is 15.5 Å². The van der Waals surface area contributed by atoms with Crippen molar-refractivity contribution in [2.45, 2.75) is 13.5 Å². The van der Waals surface area contributed by atoms with E-state index >= 15 is 0 Å². The van der Waals surface area contributed by atoms with E-state index in [4.69, 9.17) is 9.47 Å². The quantitative estimate of drug-likeness (QED) is 0.374. The molecule has 24 heavy (non-hydrogen) atoms. The van der Waals surface area contributed by atoms with Gasteiger partial charge in [-0.3, -0.25) is 4.79 Å². The molecule has 0 atom stereocenters. The molecule has 0 aliphatic rings. The third-order valence-electron chi connectivity index (χ3n) is 3.15. The van der Waals surface area contributed by atoms with Crippen LogP contribution in [-0.2, 0) is 11.3 Å². The molecular weight excluding hydrogens is 423 g/mol. The lowest BCUT2D eigenvalue weighted by molar-refractivity contribution is -0.127. The number of halogens is 1. The van der Waals surface area contributed by atoms with E-state index in [2.05, 4.69) is 15.6 Å². The van der Waals surface area contributed by atoms with Gasteiger partial charge in [0.05, 0.1) is 27.3 Å². The maximum absolute atomic E-state index is 11.6. The Hall–Kier alpha value is -1.71. The Bertz CT molecular complexity index is 550. The molecule has 0 saturated heterocycles. The van der Waals surface area contributed by atoms with Gasteiger partial charge in [0.25, 0.3) is 0 Å². The fourth-order valence-corrected chi connectivity index (χ4v) is 1.81. The van der Waals surface area contributed by atoms with Crippen LogP contribution >= 0.6 is 24.0 Å². The summed E-state index contributed by atoms with van der Waals surface area (Å²) in [6.07, 6.45) is 0. The van der Waals surface area contributed by atoms with Crippen LogP contribution in [-0.4, -0.2) is 58.2 Å². The maximum Gasteiger partial charge on any atom is 0.241 e. The highest BCUT2D eigenvalue weighted by Crippen LogP contribution is 2.25. The van der Waals surface area contributed by atoms with Gasteiger partial charge in [-0.2, -0.15) is 0 Å². The molecule has 1 aromatic rings. The van der Waals surface area contributed by atoms with Crippen molar-refractivity contribution in [3.05, 3.63) is 23.8 Å². The number of nitrogens with one attached hydrogen (secondary N) is 2. The normalized spacial score (nSPS) is 10.5. The zero-order valence-corrected chi connectivity index (χ0v) is 17.2. The van der Waals surface area contributed by atoms with Gasteiger partial charge >= 0.3 is 0 Å². The highest BCUT2D eigenvalue weighted by Gasteiger charge is 2.07. The number of aliphatic imine (C=N–C) groups is 1. The minimum atomic E-state index is -0.0161. The van der Waals surface area contributed by atoms with Crippen molar-refractivity contribution in [2.24, 2.45) is 4.99 Å². The van der Waals surface area contributed by atoms with Crippen LogP contribution in [0.1, 0.15) is 12.5 Å². The van der Waals surface area contributed by atoms with E-state index in [0.717, 1.165) is 11.3 Å². The Morgan fingerprint density at radius 2 is 1.92 bits per heavy atom. The summed E-state index contributed by atoms with van der Waals surface area (Å²) in [5.41, 5.74) is 0.935. The fourth-order valence-electron chi connectivity index (χ4n) is 1.81. The molecule has 0 heterocycles. The number of nitrogens with zero attached hydrogens (tertiary/aromatic N) is 2. The zero-order valence-electron chi connectivity index (χ0n) is 14.9. The van der Waals surface area contributed by atoms with E-state index in [9.17, 15) is 4.79 Å². The van der Waals surface area contributed by atoms with Crippen molar-refractivity contribution in [3.8, 4) is 11.5 Å². The van der Waals surface area contributed by atoms with Gasteiger partial charge in [0, 0.05) is 32.3 Å². The number of likely N-dealkylation sites (N-methyl/N-ethyl adjacent to an activating group) is 1. The molecule has 0 bridgehead atoms. The number of guanidine groups is 1. The van der Waals surface area contributed by atoms with Gasteiger partial charge in [-0.25, -0.2) is 4.99 Å². The Balaban J connectivity index is 0.00000529. The van der Waals surface area contributed by atoms with Gasteiger partial charge in [0.2, 0.25) is 5.91 Å². The van der Waals surface area contributed by atoms with E-state index in [1.165, 1.54) is 4.90 Å². The number of rotatable bonds is 7. The third kappa shape index (κ3) is 7.24. The van der Waals surface area contributed by atoms with E-state index in [1.807, 2.05) is 25.1 Å². The summed E-state index contributed by atoms with van der Waals surface area (Å²) in [6, 6.07) is 5.60. The lowest BCUT2D eigenvalue weighted by atomic mass is 10.2. The molecule has 0 aliphatic carbocycles. The Morgan fingerprint density at radius 1 is 1.21 bits per heavy atom. The molecule has 7 nitrogen and oxygen atoms in total. The highest BCUT2D eigenvalue weighted by atomic mass is 127. The number of ether oxygens (including phenoxy) is 2. The SMILES string of the molecule is CCNC(=NCc1ccc(OC)cc1OC)NCC(=O)N(C)C.I. The zero-order chi connectivity index (χ0) is 17.2. The molecular formula is C16H27IN4O3. The Labute approximate surface area is 160 Å².